The van der Waals surface area contributed by atoms with Crippen LogP contribution in [0.1, 0.15) is 16.7 Å². The molecule has 29 heavy (non-hydrogen) atoms. The third-order valence-electron chi connectivity index (χ3n) is 4.32. The summed E-state index contributed by atoms with van der Waals surface area (Å²) in [6, 6.07) is 10.9. The fraction of sp³-hybridized carbons (Fsp3) is 0.143. The summed E-state index contributed by atoms with van der Waals surface area (Å²) in [6.07, 6.45) is -6.72. The largest absolute Gasteiger partial charge is 0.416 e. The van der Waals surface area contributed by atoms with Gasteiger partial charge in [-0.1, -0.05) is 24.3 Å². The molecule has 0 aliphatic rings. The van der Waals surface area contributed by atoms with E-state index in [-0.39, 0.29) is 28.7 Å². The molecule has 8 heteroatoms. The molecule has 3 rings (SSSR count). The number of nitriles is 1. The molecule has 0 saturated heterocycles. The van der Waals surface area contributed by atoms with Crippen LogP contribution in [-0.4, -0.2) is 4.98 Å². The number of pyridine rings is 1. The zero-order valence-electron chi connectivity index (χ0n) is 14.6. The fourth-order valence-electron chi connectivity index (χ4n) is 2.98. The molecule has 1 heterocycles. The number of hydrogen-bond acceptors (Lipinski definition) is 2. The summed E-state index contributed by atoms with van der Waals surface area (Å²) in [4.78, 5) is 3.99. The van der Waals surface area contributed by atoms with E-state index in [2.05, 4.69) is 4.98 Å². The second kappa shape index (κ2) is 7.59. The van der Waals surface area contributed by atoms with Crippen LogP contribution in [0.3, 0.4) is 0 Å². The predicted octanol–water partition coefficient (Wildman–Crippen LogP) is 6.52. The summed E-state index contributed by atoms with van der Waals surface area (Å²) in [5.41, 5.74) is -0.580. The van der Waals surface area contributed by atoms with Crippen molar-refractivity contribution in [2.75, 3.05) is 0 Å². The van der Waals surface area contributed by atoms with E-state index in [1.807, 2.05) is 6.07 Å². The van der Waals surface area contributed by atoms with Crippen molar-refractivity contribution in [3.63, 3.8) is 0 Å². The van der Waals surface area contributed by atoms with E-state index in [4.69, 9.17) is 0 Å². The minimum absolute atomic E-state index is 0.173. The van der Waals surface area contributed by atoms with Crippen molar-refractivity contribution in [1.82, 2.24) is 4.98 Å². The molecule has 1 aromatic heterocycles. The maximum absolute atomic E-state index is 13.1. The molecule has 0 fully saturated rings. The summed E-state index contributed by atoms with van der Waals surface area (Å²) in [5.74, 6) is 0. The molecule has 0 aliphatic carbocycles. The van der Waals surface area contributed by atoms with Crippen molar-refractivity contribution in [2.24, 2.45) is 0 Å². The van der Waals surface area contributed by atoms with Crippen LogP contribution in [0.5, 0.6) is 0 Å². The van der Waals surface area contributed by atoms with Gasteiger partial charge in [0.05, 0.1) is 23.6 Å². The van der Waals surface area contributed by atoms with Gasteiger partial charge < -0.3 is 0 Å². The predicted molar refractivity (Wildman–Crippen MR) is 94.4 cm³/mol. The Bertz CT molecular complexity index is 1000. The van der Waals surface area contributed by atoms with Crippen molar-refractivity contribution < 1.29 is 26.3 Å². The van der Waals surface area contributed by atoms with Gasteiger partial charge in [0, 0.05) is 23.5 Å². The van der Waals surface area contributed by atoms with Crippen LogP contribution >= 0.6 is 0 Å². The lowest BCUT2D eigenvalue weighted by molar-refractivity contribution is -0.138. The van der Waals surface area contributed by atoms with Crippen molar-refractivity contribution >= 4 is 0 Å². The summed E-state index contributed by atoms with van der Waals surface area (Å²) in [5, 5.41) is 9.20. The molecule has 2 nitrogen and oxygen atoms in total. The SMILES string of the molecule is N#CCc1c(-c2cccc(C(F)(F)F)c2)cncc1-c1cccc(C(F)(F)F)c1. The second-order valence-corrected chi connectivity index (χ2v) is 6.21. The Morgan fingerprint density at radius 1 is 0.759 bits per heavy atom. The lowest BCUT2D eigenvalue weighted by atomic mass is 9.91. The minimum atomic E-state index is -4.56. The monoisotopic (exact) mass is 406 g/mol. The van der Waals surface area contributed by atoms with E-state index < -0.39 is 23.5 Å². The minimum Gasteiger partial charge on any atom is -0.263 e. The van der Waals surface area contributed by atoms with Crippen LogP contribution in [0.4, 0.5) is 26.3 Å². The molecule has 0 atom stereocenters. The van der Waals surface area contributed by atoms with Gasteiger partial charge >= 0.3 is 12.4 Å². The zero-order chi connectivity index (χ0) is 21.2. The standard InChI is InChI=1S/C21H12F6N2/c22-20(23,24)15-5-1-3-13(9-15)18-11-29-12-19(17(18)7-8-28)14-4-2-6-16(10-14)21(25,26)27/h1-6,9-12H,7H2. The van der Waals surface area contributed by atoms with Crippen molar-refractivity contribution in [3.8, 4) is 28.3 Å². The molecule has 0 unspecified atom stereocenters. The average molecular weight is 406 g/mol. The highest BCUT2D eigenvalue weighted by Gasteiger charge is 2.31. The Kier molecular flexibility index (Phi) is 5.33. The van der Waals surface area contributed by atoms with E-state index in [1.165, 1.54) is 36.7 Å². The first-order valence-electron chi connectivity index (χ1n) is 8.30. The number of benzene rings is 2. The molecule has 0 amide bonds. The van der Waals surface area contributed by atoms with E-state index in [0.717, 1.165) is 24.3 Å². The van der Waals surface area contributed by atoms with Crippen LogP contribution in [0, 0.1) is 11.3 Å². The van der Waals surface area contributed by atoms with E-state index in [0.29, 0.717) is 5.56 Å². The van der Waals surface area contributed by atoms with E-state index >= 15 is 0 Å². The Hall–Kier alpha value is -3.34. The van der Waals surface area contributed by atoms with Gasteiger partial charge in [-0.15, -0.1) is 0 Å². The molecule has 0 radical (unpaired) electrons. The normalized spacial score (nSPS) is 11.9. The van der Waals surface area contributed by atoms with Crippen LogP contribution in [0.25, 0.3) is 22.3 Å². The summed E-state index contributed by atoms with van der Waals surface area (Å²) < 4.78 is 78.3. The number of hydrogen-bond donors (Lipinski definition) is 0. The molecule has 0 saturated carbocycles. The topological polar surface area (TPSA) is 36.7 Å². The van der Waals surface area contributed by atoms with Gasteiger partial charge in [0.25, 0.3) is 0 Å². The first-order chi connectivity index (χ1) is 13.6. The van der Waals surface area contributed by atoms with Gasteiger partial charge in [-0.25, -0.2) is 0 Å². The number of halogens is 6. The molecular weight excluding hydrogens is 394 g/mol. The first-order valence-corrected chi connectivity index (χ1v) is 8.30. The molecule has 3 aromatic rings. The highest BCUT2D eigenvalue weighted by atomic mass is 19.4. The number of nitrogens with zero attached hydrogens (tertiary/aromatic N) is 2. The van der Waals surface area contributed by atoms with E-state index in [1.54, 1.807) is 0 Å². The van der Waals surface area contributed by atoms with Gasteiger partial charge in [-0.05, 0) is 41.0 Å². The Labute approximate surface area is 162 Å². The van der Waals surface area contributed by atoms with Crippen LogP contribution in [-0.2, 0) is 18.8 Å². The smallest absolute Gasteiger partial charge is 0.263 e. The van der Waals surface area contributed by atoms with Crippen molar-refractivity contribution in [3.05, 3.63) is 77.6 Å². The van der Waals surface area contributed by atoms with Crippen LogP contribution in [0.2, 0.25) is 0 Å². The molecule has 0 aliphatic heterocycles. The third kappa shape index (κ3) is 4.40. The van der Waals surface area contributed by atoms with E-state index in [9.17, 15) is 31.6 Å². The molecule has 148 valence electrons. The quantitative estimate of drug-likeness (QED) is 0.465. The van der Waals surface area contributed by atoms with Gasteiger partial charge in [-0.3, -0.25) is 4.98 Å². The van der Waals surface area contributed by atoms with Gasteiger partial charge in [0.15, 0.2) is 0 Å². The fourth-order valence-corrected chi connectivity index (χ4v) is 2.98. The first kappa shape index (κ1) is 20.4. The number of rotatable bonds is 3. The highest BCUT2D eigenvalue weighted by Crippen LogP contribution is 2.37. The average Bonchev–Trinajstić information content (AvgIpc) is 2.67. The summed E-state index contributed by atoms with van der Waals surface area (Å²) in [7, 11) is 0. The van der Waals surface area contributed by atoms with Gasteiger partial charge in [-0.2, -0.15) is 31.6 Å². The second-order valence-electron chi connectivity index (χ2n) is 6.21. The molecule has 0 bridgehead atoms. The Morgan fingerprint density at radius 3 is 1.59 bits per heavy atom. The number of alkyl halides is 6. The lowest BCUT2D eigenvalue weighted by Gasteiger charge is -2.15. The highest BCUT2D eigenvalue weighted by molar-refractivity contribution is 5.78. The Balaban J connectivity index is 2.20. The summed E-state index contributed by atoms with van der Waals surface area (Å²) in [6.45, 7) is 0. The lowest BCUT2D eigenvalue weighted by Crippen LogP contribution is -2.05. The zero-order valence-corrected chi connectivity index (χ0v) is 14.6. The maximum Gasteiger partial charge on any atom is 0.416 e. The van der Waals surface area contributed by atoms with Crippen LogP contribution < -0.4 is 0 Å². The third-order valence-corrected chi connectivity index (χ3v) is 4.32. The number of aromatic nitrogens is 1. The molecule has 0 spiro atoms. The van der Waals surface area contributed by atoms with Crippen molar-refractivity contribution in [2.45, 2.75) is 18.8 Å². The van der Waals surface area contributed by atoms with Crippen molar-refractivity contribution in [1.29, 1.82) is 5.26 Å². The van der Waals surface area contributed by atoms with Gasteiger partial charge in [0.1, 0.15) is 0 Å². The molecule has 2 aromatic carbocycles. The Morgan fingerprint density at radius 2 is 1.21 bits per heavy atom. The maximum atomic E-state index is 13.1. The molecular formula is C21H12F6N2. The van der Waals surface area contributed by atoms with Crippen LogP contribution in [0.15, 0.2) is 60.9 Å². The summed E-state index contributed by atoms with van der Waals surface area (Å²) >= 11 is 0. The molecule has 0 N–H and O–H groups in total. The van der Waals surface area contributed by atoms with Gasteiger partial charge in [0.2, 0.25) is 0 Å².